The van der Waals surface area contributed by atoms with E-state index in [1.165, 1.54) is 22.3 Å². The normalized spacial score (nSPS) is 10.0. The second-order valence-corrected chi connectivity index (χ2v) is 5.01. The number of hydrogen-bond acceptors (Lipinski definition) is 1. The average Bonchev–Trinajstić information content (AvgIpc) is 2.51. The Balaban J connectivity index is 0.00000161. The summed E-state index contributed by atoms with van der Waals surface area (Å²) in [5, 5.41) is 0. The molecule has 0 spiro atoms. The number of hydrogen-bond donors (Lipinski definition) is 0. The molecule has 21 heavy (non-hydrogen) atoms. The van der Waals surface area contributed by atoms with Crippen molar-refractivity contribution < 1.29 is 20.1 Å². The average molecular weight is 451 g/mol. The molecule has 0 unspecified atom stereocenters. The fraction of sp³-hybridized carbons (Fsp3) is 0.105. The van der Waals surface area contributed by atoms with Gasteiger partial charge in [0.05, 0.1) is 0 Å². The van der Waals surface area contributed by atoms with Crippen LogP contribution in [0.4, 0.5) is 0 Å². The van der Waals surface area contributed by atoms with E-state index in [4.69, 9.17) is 0 Å². The molecule has 1 heterocycles. The number of benzene rings is 2. The van der Waals surface area contributed by atoms with E-state index in [0.717, 1.165) is 11.3 Å². The molecular formula is C19H16IrN-. The molecule has 0 atom stereocenters. The number of aryl methyl sites for hydroxylation is 2. The van der Waals surface area contributed by atoms with E-state index in [1.807, 2.05) is 30.5 Å². The van der Waals surface area contributed by atoms with Gasteiger partial charge in [0.1, 0.15) is 0 Å². The zero-order valence-corrected chi connectivity index (χ0v) is 14.4. The van der Waals surface area contributed by atoms with E-state index in [0.29, 0.717) is 0 Å². The van der Waals surface area contributed by atoms with Crippen molar-refractivity contribution in [1.29, 1.82) is 0 Å². The third kappa shape index (κ3) is 3.47. The predicted molar refractivity (Wildman–Crippen MR) is 83.4 cm³/mol. The Hall–Kier alpha value is -1.76. The summed E-state index contributed by atoms with van der Waals surface area (Å²) in [7, 11) is 0. The van der Waals surface area contributed by atoms with E-state index in [-0.39, 0.29) is 20.1 Å². The fourth-order valence-corrected chi connectivity index (χ4v) is 2.24. The third-order valence-electron chi connectivity index (χ3n) is 3.58. The van der Waals surface area contributed by atoms with Gasteiger partial charge in [-0.2, -0.15) is 0 Å². The Morgan fingerprint density at radius 2 is 1.67 bits per heavy atom. The Kier molecular flexibility index (Phi) is 5.06. The summed E-state index contributed by atoms with van der Waals surface area (Å²) in [4.78, 5) is 4.38. The van der Waals surface area contributed by atoms with Crippen LogP contribution in [0.3, 0.4) is 0 Å². The summed E-state index contributed by atoms with van der Waals surface area (Å²) in [6.45, 7) is 4.28. The number of pyridine rings is 1. The molecule has 2 aromatic carbocycles. The molecule has 0 fully saturated rings. The van der Waals surface area contributed by atoms with Crippen LogP contribution in [-0.2, 0) is 20.1 Å². The summed E-state index contributed by atoms with van der Waals surface area (Å²) in [5.41, 5.74) is 7.06. The van der Waals surface area contributed by atoms with Crippen LogP contribution in [0.15, 0.2) is 60.8 Å². The molecule has 2 heteroatoms. The van der Waals surface area contributed by atoms with Gasteiger partial charge >= 0.3 is 0 Å². The molecule has 3 aromatic rings. The standard InChI is InChI=1S/C19H16N.Ir/c1-14-9-10-17(12-15(14)2)16-6-5-7-18(13-16)19-8-3-4-11-20-19;/h3-6,8-13H,1-2H3;/q-1;. The molecule has 0 N–H and O–H groups in total. The van der Waals surface area contributed by atoms with Crippen molar-refractivity contribution in [3.63, 3.8) is 0 Å². The van der Waals surface area contributed by atoms with Gasteiger partial charge < -0.3 is 4.98 Å². The minimum atomic E-state index is 0. The summed E-state index contributed by atoms with van der Waals surface area (Å²) in [6, 6.07) is 22.0. The summed E-state index contributed by atoms with van der Waals surface area (Å²) >= 11 is 0. The molecule has 3 rings (SSSR count). The van der Waals surface area contributed by atoms with E-state index < -0.39 is 0 Å². The van der Waals surface area contributed by atoms with Gasteiger partial charge in [-0.05, 0) is 42.3 Å². The van der Waals surface area contributed by atoms with Crippen molar-refractivity contribution in [2.24, 2.45) is 0 Å². The van der Waals surface area contributed by atoms with Gasteiger partial charge in [0, 0.05) is 26.3 Å². The van der Waals surface area contributed by atoms with Crippen LogP contribution in [0.1, 0.15) is 11.1 Å². The van der Waals surface area contributed by atoms with Gasteiger partial charge in [-0.3, -0.25) is 0 Å². The van der Waals surface area contributed by atoms with Gasteiger partial charge in [-0.1, -0.05) is 30.3 Å². The molecular weight excluding hydrogens is 434 g/mol. The van der Waals surface area contributed by atoms with E-state index in [1.54, 1.807) is 0 Å². The van der Waals surface area contributed by atoms with Gasteiger partial charge in [0.2, 0.25) is 0 Å². The monoisotopic (exact) mass is 451 g/mol. The van der Waals surface area contributed by atoms with Crippen LogP contribution in [0.2, 0.25) is 0 Å². The predicted octanol–water partition coefficient (Wildman–Crippen LogP) is 4.83. The molecule has 107 valence electrons. The molecule has 0 saturated carbocycles. The molecule has 0 aliphatic heterocycles. The topological polar surface area (TPSA) is 12.9 Å². The molecule has 0 bridgehead atoms. The first kappa shape index (κ1) is 15.6. The van der Waals surface area contributed by atoms with Crippen LogP contribution in [0, 0.1) is 19.9 Å². The zero-order chi connectivity index (χ0) is 13.9. The quantitative estimate of drug-likeness (QED) is 0.510. The van der Waals surface area contributed by atoms with E-state index >= 15 is 0 Å². The van der Waals surface area contributed by atoms with Crippen molar-refractivity contribution in [3.05, 3.63) is 78.0 Å². The van der Waals surface area contributed by atoms with Crippen LogP contribution in [0.5, 0.6) is 0 Å². The molecule has 1 radical (unpaired) electrons. The molecule has 0 saturated heterocycles. The second-order valence-electron chi connectivity index (χ2n) is 5.01. The molecule has 1 nitrogen and oxygen atoms in total. The third-order valence-corrected chi connectivity index (χ3v) is 3.58. The van der Waals surface area contributed by atoms with E-state index in [9.17, 15) is 0 Å². The van der Waals surface area contributed by atoms with Crippen molar-refractivity contribution >= 4 is 0 Å². The fourth-order valence-electron chi connectivity index (χ4n) is 2.24. The van der Waals surface area contributed by atoms with E-state index in [2.05, 4.69) is 55.2 Å². The summed E-state index contributed by atoms with van der Waals surface area (Å²) in [5.74, 6) is 0. The first-order valence-corrected chi connectivity index (χ1v) is 6.75. The van der Waals surface area contributed by atoms with Crippen molar-refractivity contribution in [1.82, 2.24) is 4.98 Å². The number of aromatic nitrogens is 1. The van der Waals surface area contributed by atoms with Crippen molar-refractivity contribution in [3.8, 4) is 22.4 Å². The largest absolute Gasteiger partial charge is 0.305 e. The Labute approximate surface area is 139 Å². The maximum Gasteiger partial charge on any atom is 0.0160 e. The van der Waals surface area contributed by atoms with Crippen LogP contribution < -0.4 is 0 Å². The first-order chi connectivity index (χ1) is 9.74. The maximum atomic E-state index is 4.38. The van der Waals surface area contributed by atoms with Gasteiger partial charge in [-0.15, -0.1) is 35.4 Å². The number of nitrogens with zero attached hydrogens (tertiary/aromatic N) is 1. The molecule has 0 amide bonds. The zero-order valence-electron chi connectivity index (χ0n) is 12.1. The van der Waals surface area contributed by atoms with Gasteiger partial charge in [-0.25, -0.2) is 0 Å². The SMILES string of the molecule is Cc1ccc(-c2cc[c-]c(-c3ccccn3)c2)cc1C.[Ir]. The van der Waals surface area contributed by atoms with Crippen LogP contribution in [-0.4, -0.2) is 4.98 Å². The summed E-state index contributed by atoms with van der Waals surface area (Å²) in [6.07, 6.45) is 1.81. The minimum Gasteiger partial charge on any atom is -0.305 e. The van der Waals surface area contributed by atoms with Crippen LogP contribution >= 0.6 is 0 Å². The Morgan fingerprint density at radius 1 is 0.857 bits per heavy atom. The number of rotatable bonds is 2. The maximum absolute atomic E-state index is 4.38. The van der Waals surface area contributed by atoms with Crippen molar-refractivity contribution in [2.75, 3.05) is 0 Å². The van der Waals surface area contributed by atoms with Gasteiger partial charge in [0.15, 0.2) is 0 Å². The molecule has 0 aliphatic carbocycles. The second kappa shape index (κ2) is 6.80. The van der Waals surface area contributed by atoms with Crippen molar-refractivity contribution in [2.45, 2.75) is 13.8 Å². The Morgan fingerprint density at radius 3 is 2.38 bits per heavy atom. The Bertz CT molecular complexity index is 736. The summed E-state index contributed by atoms with van der Waals surface area (Å²) < 4.78 is 0. The smallest absolute Gasteiger partial charge is 0.0160 e. The minimum absolute atomic E-state index is 0. The van der Waals surface area contributed by atoms with Gasteiger partial charge in [0.25, 0.3) is 0 Å². The molecule has 1 aromatic heterocycles. The first-order valence-electron chi connectivity index (χ1n) is 6.75. The van der Waals surface area contributed by atoms with Crippen LogP contribution in [0.25, 0.3) is 22.4 Å². The molecule has 0 aliphatic rings.